The van der Waals surface area contributed by atoms with Crippen LogP contribution in [0.25, 0.3) is 0 Å². The summed E-state index contributed by atoms with van der Waals surface area (Å²) in [5.74, 6) is 0.864. The topological polar surface area (TPSA) is 56.1 Å². The van der Waals surface area contributed by atoms with E-state index >= 15 is 0 Å². The van der Waals surface area contributed by atoms with Gasteiger partial charge in [-0.2, -0.15) is 5.10 Å². The number of rotatable bonds is 7. The number of amides is 1. The zero-order chi connectivity index (χ0) is 15.9. The molecule has 0 saturated heterocycles. The van der Waals surface area contributed by atoms with Crippen molar-refractivity contribution >= 4 is 5.91 Å². The summed E-state index contributed by atoms with van der Waals surface area (Å²) >= 11 is 0. The number of hydrogen-bond acceptors (Lipinski definition) is 3. The molecule has 0 radical (unpaired) electrons. The van der Waals surface area contributed by atoms with Crippen LogP contribution in [0, 0.1) is 0 Å². The van der Waals surface area contributed by atoms with Gasteiger partial charge in [0.05, 0.1) is 12.1 Å². The molecule has 118 valence electrons. The van der Waals surface area contributed by atoms with E-state index in [9.17, 15) is 4.79 Å². The lowest BCUT2D eigenvalue weighted by atomic mass is 10.2. The fourth-order valence-electron chi connectivity index (χ4n) is 2.13. The maximum absolute atomic E-state index is 12.0. The summed E-state index contributed by atoms with van der Waals surface area (Å²) < 4.78 is 7.38. The maximum atomic E-state index is 12.0. The van der Waals surface area contributed by atoms with Crippen molar-refractivity contribution < 1.29 is 9.53 Å². The zero-order valence-corrected chi connectivity index (χ0v) is 13.3. The van der Waals surface area contributed by atoms with E-state index in [1.54, 1.807) is 10.9 Å². The van der Waals surface area contributed by atoms with Crippen molar-refractivity contribution in [3.8, 4) is 5.75 Å². The lowest BCUT2D eigenvalue weighted by Crippen LogP contribution is -2.25. The van der Waals surface area contributed by atoms with Gasteiger partial charge in [-0.1, -0.05) is 12.1 Å². The molecule has 22 heavy (non-hydrogen) atoms. The lowest BCUT2D eigenvalue weighted by molar-refractivity contribution is -0.122. The van der Waals surface area contributed by atoms with E-state index in [1.807, 2.05) is 57.3 Å². The van der Waals surface area contributed by atoms with Gasteiger partial charge in [-0.15, -0.1) is 0 Å². The summed E-state index contributed by atoms with van der Waals surface area (Å²) in [7, 11) is 0. The van der Waals surface area contributed by atoms with Gasteiger partial charge in [-0.25, -0.2) is 0 Å². The van der Waals surface area contributed by atoms with Crippen LogP contribution in [0.5, 0.6) is 5.75 Å². The smallest absolute Gasteiger partial charge is 0.222 e. The first-order valence-electron chi connectivity index (χ1n) is 7.56. The van der Waals surface area contributed by atoms with Gasteiger partial charge in [0, 0.05) is 25.4 Å². The van der Waals surface area contributed by atoms with Crippen LogP contribution in [0.1, 0.15) is 38.8 Å². The molecular formula is C17H23N3O2. The monoisotopic (exact) mass is 301 g/mol. The number of ether oxygens (including phenoxy) is 1. The first-order valence-corrected chi connectivity index (χ1v) is 7.56. The second kappa shape index (κ2) is 7.64. The molecule has 0 bridgehead atoms. The van der Waals surface area contributed by atoms with Crippen LogP contribution in [0.3, 0.4) is 0 Å². The molecule has 1 aromatic heterocycles. The predicted octanol–water partition coefficient (Wildman–Crippen LogP) is 2.94. The Kier molecular flexibility index (Phi) is 5.58. The summed E-state index contributed by atoms with van der Waals surface area (Å²) in [4.78, 5) is 12.0. The van der Waals surface area contributed by atoms with Gasteiger partial charge in [0.2, 0.25) is 5.91 Å². The molecule has 2 aromatic rings. The highest BCUT2D eigenvalue weighted by Crippen LogP contribution is 2.14. The number of aromatic nitrogens is 2. The Morgan fingerprint density at radius 3 is 2.59 bits per heavy atom. The summed E-state index contributed by atoms with van der Waals surface area (Å²) in [5.41, 5.74) is 1.05. The highest BCUT2D eigenvalue weighted by Gasteiger charge is 2.10. The van der Waals surface area contributed by atoms with Crippen molar-refractivity contribution in [2.24, 2.45) is 0 Å². The van der Waals surface area contributed by atoms with E-state index < -0.39 is 0 Å². The second-order valence-electron chi connectivity index (χ2n) is 5.63. The quantitative estimate of drug-likeness (QED) is 0.855. The summed E-state index contributed by atoms with van der Waals surface area (Å²) in [6, 6.07) is 9.69. The third-order valence-corrected chi connectivity index (χ3v) is 3.24. The molecule has 5 heteroatoms. The molecule has 0 aliphatic heterocycles. The highest BCUT2D eigenvalue weighted by molar-refractivity contribution is 5.76. The molecule has 0 saturated carbocycles. The Balaban J connectivity index is 1.78. The third kappa shape index (κ3) is 4.91. The van der Waals surface area contributed by atoms with Crippen molar-refractivity contribution in [1.82, 2.24) is 15.1 Å². The average molecular weight is 301 g/mol. The van der Waals surface area contributed by atoms with Gasteiger partial charge < -0.3 is 10.1 Å². The molecule has 1 aromatic carbocycles. The van der Waals surface area contributed by atoms with Crippen LogP contribution in [0.15, 0.2) is 42.7 Å². The maximum Gasteiger partial charge on any atom is 0.222 e. The van der Waals surface area contributed by atoms with E-state index in [0.29, 0.717) is 13.0 Å². The van der Waals surface area contributed by atoms with E-state index in [-0.39, 0.29) is 18.1 Å². The first kappa shape index (κ1) is 16.1. The fourth-order valence-corrected chi connectivity index (χ4v) is 2.13. The number of carbonyl (C=O) groups is 1. The number of carbonyl (C=O) groups excluding carboxylic acids is 1. The minimum Gasteiger partial charge on any atom is -0.491 e. The van der Waals surface area contributed by atoms with Gasteiger partial charge in [-0.3, -0.25) is 9.48 Å². The Labute approximate surface area is 131 Å². The predicted molar refractivity (Wildman–Crippen MR) is 85.6 cm³/mol. The van der Waals surface area contributed by atoms with E-state index in [1.165, 1.54) is 0 Å². The lowest BCUT2D eigenvalue weighted by Gasteiger charge is -2.13. The van der Waals surface area contributed by atoms with Crippen LogP contribution in [-0.4, -0.2) is 21.8 Å². The molecule has 2 rings (SSSR count). The van der Waals surface area contributed by atoms with Crippen molar-refractivity contribution in [2.45, 2.75) is 45.9 Å². The number of benzene rings is 1. The normalized spacial score (nSPS) is 12.2. The Morgan fingerprint density at radius 1 is 1.27 bits per heavy atom. The molecule has 0 aliphatic rings. The average Bonchev–Trinajstić information content (AvgIpc) is 3.00. The molecule has 1 heterocycles. The Hall–Kier alpha value is -2.30. The number of nitrogens with zero attached hydrogens (tertiary/aromatic N) is 2. The molecule has 0 spiro atoms. The van der Waals surface area contributed by atoms with E-state index in [0.717, 1.165) is 11.3 Å². The molecular weight excluding hydrogens is 278 g/mol. The van der Waals surface area contributed by atoms with Crippen molar-refractivity contribution in [3.63, 3.8) is 0 Å². The molecule has 1 amide bonds. The van der Waals surface area contributed by atoms with E-state index in [2.05, 4.69) is 10.4 Å². The Morgan fingerprint density at radius 2 is 2.00 bits per heavy atom. The largest absolute Gasteiger partial charge is 0.491 e. The number of nitrogens with one attached hydrogen (secondary N) is 1. The second-order valence-corrected chi connectivity index (χ2v) is 5.63. The van der Waals surface area contributed by atoms with Crippen LogP contribution in [0.4, 0.5) is 0 Å². The van der Waals surface area contributed by atoms with Crippen LogP contribution >= 0.6 is 0 Å². The first-order chi connectivity index (χ1) is 10.5. The standard InChI is InChI=1S/C17H23N3O2/c1-13(2)22-16-7-5-15(6-8-16)12-18-17(21)11-14(3)20-10-4-9-19-20/h4-10,13-14H,11-12H2,1-3H3,(H,18,21)/t14-/m0/s1. The zero-order valence-electron chi connectivity index (χ0n) is 13.3. The molecule has 1 N–H and O–H groups in total. The SMILES string of the molecule is CC(C)Oc1ccc(CNC(=O)C[C@H](C)n2cccn2)cc1. The summed E-state index contributed by atoms with van der Waals surface area (Å²) in [6.07, 6.45) is 4.16. The van der Waals surface area contributed by atoms with Gasteiger partial charge >= 0.3 is 0 Å². The van der Waals surface area contributed by atoms with E-state index in [4.69, 9.17) is 4.74 Å². The van der Waals surface area contributed by atoms with Gasteiger partial charge in [-0.05, 0) is 44.5 Å². The molecule has 5 nitrogen and oxygen atoms in total. The highest BCUT2D eigenvalue weighted by atomic mass is 16.5. The molecule has 0 fully saturated rings. The number of hydrogen-bond donors (Lipinski definition) is 1. The molecule has 0 unspecified atom stereocenters. The van der Waals surface area contributed by atoms with Crippen molar-refractivity contribution in [1.29, 1.82) is 0 Å². The minimum absolute atomic E-state index is 0.0190. The minimum atomic E-state index is 0.0190. The summed E-state index contributed by atoms with van der Waals surface area (Å²) in [5, 5.41) is 7.07. The van der Waals surface area contributed by atoms with Crippen LogP contribution < -0.4 is 10.1 Å². The van der Waals surface area contributed by atoms with Crippen molar-refractivity contribution in [3.05, 3.63) is 48.3 Å². The van der Waals surface area contributed by atoms with Gasteiger partial charge in [0.25, 0.3) is 0 Å². The van der Waals surface area contributed by atoms with Gasteiger partial charge in [0.15, 0.2) is 0 Å². The van der Waals surface area contributed by atoms with Crippen LogP contribution in [-0.2, 0) is 11.3 Å². The van der Waals surface area contributed by atoms with Gasteiger partial charge in [0.1, 0.15) is 5.75 Å². The third-order valence-electron chi connectivity index (χ3n) is 3.24. The summed E-state index contributed by atoms with van der Waals surface area (Å²) in [6.45, 7) is 6.49. The Bertz CT molecular complexity index is 576. The van der Waals surface area contributed by atoms with Crippen molar-refractivity contribution in [2.75, 3.05) is 0 Å². The fraction of sp³-hybridized carbons (Fsp3) is 0.412. The molecule has 0 aliphatic carbocycles. The molecule has 1 atom stereocenters. The van der Waals surface area contributed by atoms with Crippen LogP contribution in [0.2, 0.25) is 0 Å².